The van der Waals surface area contributed by atoms with Gasteiger partial charge in [-0.3, -0.25) is 0 Å². The van der Waals surface area contributed by atoms with Crippen LogP contribution in [0.25, 0.3) is 6.08 Å². The van der Waals surface area contributed by atoms with Crippen LogP contribution in [-0.2, 0) is 12.8 Å². The highest BCUT2D eigenvalue weighted by Gasteiger charge is 2.48. The van der Waals surface area contributed by atoms with Gasteiger partial charge in [-0.2, -0.15) is 0 Å². The van der Waals surface area contributed by atoms with Crippen LogP contribution in [0.15, 0.2) is 36.5 Å². The second-order valence-electron chi connectivity index (χ2n) is 8.51. The van der Waals surface area contributed by atoms with Crippen molar-refractivity contribution in [2.75, 3.05) is 0 Å². The number of nitrogens with zero attached hydrogens (tertiary/aromatic N) is 1. The Kier molecular flexibility index (Phi) is 2.71. The Bertz CT molecular complexity index is 889. The molecule has 5 rings (SSSR count). The van der Waals surface area contributed by atoms with E-state index in [9.17, 15) is 0 Å². The summed E-state index contributed by atoms with van der Waals surface area (Å²) in [4.78, 5) is 2.65. The Morgan fingerprint density at radius 2 is 1.92 bits per heavy atom. The van der Waals surface area contributed by atoms with Gasteiger partial charge in [0.15, 0.2) is 0 Å². The van der Waals surface area contributed by atoms with Gasteiger partial charge in [-0.25, -0.2) is 0 Å². The normalized spacial score (nSPS) is 25.9. The van der Waals surface area contributed by atoms with E-state index in [1.807, 2.05) is 0 Å². The van der Waals surface area contributed by atoms with Gasteiger partial charge >= 0.3 is 0 Å². The quantitative estimate of drug-likeness (QED) is 0.684. The largest absolute Gasteiger partial charge is 0.360 e. The van der Waals surface area contributed by atoms with E-state index in [-0.39, 0.29) is 5.54 Å². The van der Waals surface area contributed by atoms with Crippen molar-refractivity contribution < 1.29 is 0 Å². The van der Waals surface area contributed by atoms with Crippen molar-refractivity contribution in [3.63, 3.8) is 0 Å². The van der Waals surface area contributed by atoms with Crippen LogP contribution in [0.5, 0.6) is 0 Å². The van der Waals surface area contributed by atoms with Gasteiger partial charge < -0.3 is 4.90 Å². The molecule has 2 atom stereocenters. The topological polar surface area (TPSA) is 3.24 Å². The predicted molar refractivity (Wildman–Crippen MR) is 100 cm³/mol. The summed E-state index contributed by atoms with van der Waals surface area (Å²) in [5, 5.41) is 0. The molecule has 0 saturated heterocycles. The molecule has 2 aromatic carbocycles. The van der Waals surface area contributed by atoms with Gasteiger partial charge in [0.2, 0.25) is 0 Å². The first-order valence-corrected chi connectivity index (χ1v) is 9.19. The molecule has 0 amide bonds. The highest BCUT2D eigenvalue weighted by atomic mass is 15.2. The molecule has 122 valence electrons. The smallest absolute Gasteiger partial charge is 0.0805 e. The highest BCUT2D eigenvalue weighted by molar-refractivity contribution is 5.64. The van der Waals surface area contributed by atoms with E-state index in [0.717, 1.165) is 0 Å². The molecule has 0 radical (unpaired) electrons. The minimum Gasteiger partial charge on any atom is -0.360 e. The van der Waals surface area contributed by atoms with Crippen LogP contribution >= 0.6 is 0 Å². The van der Waals surface area contributed by atoms with Gasteiger partial charge in [0.05, 0.1) is 6.04 Å². The summed E-state index contributed by atoms with van der Waals surface area (Å²) in [5.74, 6) is 0.572. The third-order valence-corrected chi connectivity index (χ3v) is 6.33. The molecule has 0 N–H and O–H groups in total. The number of aryl methyl sites for hydroxylation is 1. The van der Waals surface area contributed by atoms with Gasteiger partial charge in [-0.1, -0.05) is 49.7 Å². The zero-order valence-electron chi connectivity index (χ0n) is 15.1. The van der Waals surface area contributed by atoms with E-state index >= 15 is 0 Å². The Morgan fingerprint density at radius 1 is 1.08 bits per heavy atom. The second kappa shape index (κ2) is 4.53. The van der Waals surface area contributed by atoms with Gasteiger partial charge in [0.1, 0.15) is 0 Å². The summed E-state index contributed by atoms with van der Waals surface area (Å²) in [6.07, 6.45) is 7.05. The van der Waals surface area contributed by atoms with Crippen molar-refractivity contribution in [2.45, 2.75) is 58.0 Å². The average Bonchev–Trinajstić information content (AvgIpc) is 2.87. The molecular weight excluding hydrogens is 290 g/mol. The van der Waals surface area contributed by atoms with E-state index in [2.05, 4.69) is 75.2 Å². The molecule has 1 nitrogen and oxygen atoms in total. The molecular formula is C23H25N. The molecule has 3 aliphatic rings. The van der Waals surface area contributed by atoms with Crippen LogP contribution in [0.1, 0.15) is 71.7 Å². The Hall–Kier alpha value is -2.02. The minimum atomic E-state index is 0.232. The van der Waals surface area contributed by atoms with Gasteiger partial charge in [0, 0.05) is 11.7 Å². The maximum atomic E-state index is 2.65. The summed E-state index contributed by atoms with van der Waals surface area (Å²) in [6.45, 7) is 9.27. The summed E-state index contributed by atoms with van der Waals surface area (Å²) < 4.78 is 0. The lowest BCUT2D eigenvalue weighted by Gasteiger charge is -2.48. The SMILES string of the molecule is Cc1cc2c3c(c1)C1c4cc(C(C)C)ccc4C=CN1C(C)(C2)C3. The molecule has 2 unspecified atom stereocenters. The number of rotatable bonds is 1. The number of hydrogen-bond acceptors (Lipinski definition) is 1. The predicted octanol–water partition coefficient (Wildman–Crippen LogP) is 5.37. The zero-order chi connectivity index (χ0) is 16.6. The molecule has 1 aliphatic carbocycles. The first-order valence-electron chi connectivity index (χ1n) is 9.19. The van der Waals surface area contributed by atoms with E-state index < -0.39 is 0 Å². The minimum absolute atomic E-state index is 0.232. The summed E-state index contributed by atoms with van der Waals surface area (Å²) in [5.41, 5.74) is 10.7. The lowest BCUT2D eigenvalue weighted by atomic mass is 9.79. The van der Waals surface area contributed by atoms with Crippen molar-refractivity contribution in [3.8, 4) is 0 Å². The van der Waals surface area contributed by atoms with Crippen molar-refractivity contribution in [3.05, 3.63) is 75.5 Å². The summed E-state index contributed by atoms with van der Waals surface area (Å²) in [7, 11) is 0. The standard InChI is InChI=1S/C23H25N/c1-14(2)17-6-5-16-7-8-24-22(19(16)11-17)20-10-15(3)9-18-12-23(24,4)13-21(18)20/h5-11,14,22H,12-13H2,1-4H3. The van der Waals surface area contributed by atoms with E-state index in [0.29, 0.717) is 12.0 Å². The third-order valence-electron chi connectivity index (χ3n) is 6.33. The third kappa shape index (κ3) is 1.76. The number of hydrogen-bond donors (Lipinski definition) is 0. The second-order valence-corrected chi connectivity index (χ2v) is 8.51. The Labute approximate surface area is 145 Å². The summed E-state index contributed by atoms with van der Waals surface area (Å²) in [6, 6.07) is 12.3. The molecule has 24 heavy (non-hydrogen) atoms. The van der Waals surface area contributed by atoms with Crippen molar-refractivity contribution in [2.24, 2.45) is 0 Å². The van der Waals surface area contributed by atoms with Crippen molar-refractivity contribution in [1.82, 2.24) is 4.90 Å². The maximum Gasteiger partial charge on any atom is 0.0805 e. The number of fused-ring (bicyclic) bond motifs is 6. The van der Waals surface area contributed by atoms with Gasteiger partial charge in [0.25, 0.3) is 0 Å². The lowest BCUT2D eigenvalue weighted by molar-refractivity contribution is 0.127. The first-order chi connectivity index (χ1) is 11.5. The molecule has 0 aromatic heterocycles. The lowest BCUT2D eigenvalue weighted by Crippen LogP contribution is -2.49. The fourth-order valence-electron chi connectivity index (χ4n) is 5.12. The Balaban J connectivity index is 1.78. The zero-order valence-corrected chi connectivity index (χ0v) is 15.1. The monoisotopic (exact) mass is 315 g/mol. The maximum absolute atomic E-state index is 2.65. The van der Waals surface area contributed by atoms with Crippen LogP contribution in [0.2, 0.25) is 0 Å². The molecule has 2 aliphatic heterocycles. The van der Waals surface area contributed by atoms with Crippen LogP contribution in [0.3, 0.4) is 0 Å². The van der Waals surface area contributed by atoms with E-state index in [1.165, 1.54) is 35.1 Å². The molecule has 2 bridgehead atoms. The van der Waals surface area contributed by atoms with Gasteiger partial charge in [-0.15, -0.1) is 0 Å². The van der Waals surface area contributed by atoms with Crippen LogP contribution in [0, 0.1) is 6.92 Å². The first kappa shape index (κ1) is 14.3. The molecule has 1 heteroatoms. The summed E-state index contributed by atoms with van der Waals surface area (Å²) >= 11 is 0. The molecule has 2 heterocycles. The number of benzene rings is 2. The van der Waals surface area contributed by atoms with Crippen molar-refractivity contribution in [1.29, 1.82) is 0 Å². The Morgan fingerprint density at radius 3 is 2.71 bits per heavy atom. The highest BCUT2D eigenvalue weighted by Crippen LogP contribution is 2.52. The molecule has 2 aromatic rings. The van der Waals surface area contributed by atoms with E-state index in [1.54, 1.807) is 16.7 Å². The average molecular weight is 315 g/mol. The fourth-order valence-corrected chi connectivity index (χ4v) is 5.12. The van der Waals surface area contributed by atoms with Crippen molar-refractivity contribution >= 4 is 6.08 Å². The van der Waals surface area contributed by atoms with E-state index in [4.69, 9.17) is 0 Å². The van der Waals surface area contributed by atoms with Gasteiger partial charge in [-0.05, 0) is 72.1 Å². The molecule has 0 saturated carbocycles. The fraction of sp³-hybridized carbons (Fsp3) is 0.391. The van der Waals surface area contributed by atoms with Crippen LogP contribution in [0.4, 0.5) is 0 Å². The van der Waals surface area contributed by atoms with Crippen LogP contribution in [-0.4, -0.2) is 10.4 Å². The molecule has 0 fully saturated rings. The van der Waals surface area contributed by atoms with Crippen LogP contribution < -0.4 is 0 Å². The molecule has 0 spiro atoms.